The molecule has 226 valence electrons. The maximum Gasteiger partial charge on any atom is 0.101 e. The van der Waals surface area contributed by atoms with Gasteiger partial charge in [0.05, 0.1) is 0 Å². The van der Waals surface area contributed by atoms with Crippen LogP contribution in [0.25, 0.3) is 0 Å². The van der Waals surface area contributed by atoms with Crippen molar-refractivity contribution < 1.29 is 0 Å². The molecule has 1 aliphatic heterocycles. The Morgan fingerprint density at radius 2 is 0.605 bits per heavy atom. The van der Waals surface area contributed by atoms with Crippen molar-refractivity contribution in [3.05, 3.63) is 12.4 Å². The van der Waals surface area contributed by atoms with Gasteiger partial charge >= 0.3 is 0 Å². The van der Waals surface area contributed by atoms with E-state index in [4.69, 9.17) is 0 Å². The molecule has 1 unspecified atom stereocenters. The van der Waals surface area contributed by atoms with Crippen LogP contribution in [0.15, 0.2) is 12.4 Å². The average molecular weight is 533 g/mol. The molecule has 0 aromatic rings. The molecule has 2 nitrogen and oxygen atoms in total. The van der Waals surface area contributed by atoms with Crippen LogP contribution >= 0.6 is 0 Å². The summed E-state index contributed by atoms with van der Waals surface area (Å²) in [6.45, 7) is 9.48. The molecule has 2 heteroatoms. The van der Waals surface area contributed by atoms with Gasteiger partial charge in [-0.25, -0.2) is 0 Å². The monoisotopic (exact) mass is 533 g/mol. The highest BCUT2D eigenvalue weighted by Crippen LogP contribution is 2.24. The van der Waals surface area contributed by atoms with Gasteiger partial charge in [-0.15, -0.1) is 0 Å². The highest BCUT2D eigenvalue weighted by Gasteiger charge is 2.24. The summed E-state index contributed by atoms with van der Waals surface area (Å²) in [6, 6.07) is 0. The smallest absolute Gasteiger partial charge is 0.101 e. The lowest BCUT2D eigenvalue weighted by Gasteiger charge is -2.33. The van der Waals surface area contributed by atoms with E-state index in [1.54, 1.807) is 0 Å². The maximum absolute atomic E-state index is 2.70. The lowest BCUT2D eigenvalue weighted by Crippen LogP contribution is -2.39. The molecule has 0 aromatic carbocycles. The lowest BCUT2D eigenvalue weighted by molar-refractivity contribution is 0.135. The van der Waals surface area contributed by atoms with Gasteiger partial charge in [0.15, 0.2) is 0 Å². The fraction of sp³-hybridized carbons (Fsp3) is 0.944. The minimum Gasteiger partial charge on any atom is -0.356 e. The minimum absolute atomic E-state index is 0.642. The number of nitrogens with zero attached hydrogens (tertiary/aromatic N) is 2. The summed E-state index contributed by atoms with van der Waals surface area (Å²) in [4.78, 5) is 5.39. The molecule has 0 spiro atoms. The van der Waals surface area contributed by atoms with Crippen LogP contribution in [-0.2, 0) is 0 Å². The summed E-state index contributed by atoms with van der Waals surface area (Å²) >= 11 is 0. The zero-order valence-corrected chi connectivity index (χ0v) is 26.8. The Morgan fingerprint density at radius 1 is 0.342 bits per heavy atom. The molecule has 0 amide bonds. The number of rotatable bonds is 30. The first-order valence-electron chi connectivity index (χ1n) is 18.0. The molecule has 0 saturated heterocycles. The number of unbranched alkanes of at least 4 members (excludes halogenated alkanes) is 24. The molecular weight excluding hydrogens is 460 g/mol. The summed E-state index contributed by atoms with van der Waals surface area (Å²) in [5.41, 5.74) is 0. The van der Waals surface area contributed by atoms with E-state index in [2.05, 4.69) is 43.0 Å². The fourth-order valence-electron chi connectivity index (χ4n) is 6.19. The zero-order chi connectivity index (χ0) is 27.4. The number of hydrogen-bond donors (Lipinski definition) is 0. The second kappa shape index (κ2) is 27.9. The molecular formula is C36H72N2. The summed E-state index contributed by atoms with van der Waals surface area (Å²) < 4.78 is 0. The summed E-state index contributed by atoms with van der Waals surface area (Å²) in [7, 11) is 0. The normalized spacial score (nSPS) is 15.3. The molecule has 1 aliphatic rings. The molecule has 38 heavy (non-hydrogen) atoms. The van der Waals surface area contributed by atoms with Crippen LogP contribution in [0.5, 0.6) is 0 Å². The predicted molar refractivity (Wildman–Crippen MR) is 173 cm³/mol. The van der Waals surface area contributed by atoms with Gasteiger partial charge in [0.2, 0.25) is 0 Å². The quantitative estimate of drug-likeness (QED) is 0.0848. The van der Waals surface area contributed by atoms with Gasteiger partial charge in [-0.05, 0) is 25.7 Å². The van der Waals surface area contributed by atoms with E-state index in [1.807, 2.05) is 0 Å². The van der Waals surface area contributed by atoms with Gasteiger partial charge in [0.25, 0.3) is 0 Å². The van der Waals surface area contributed by atoms with Crippen molar-refractivity contribution in [1.82, 2.24) is 9.80 Å². The molecule has 0 N–H and O–H groups in total. The molecule has 0 radical (unpaired) electrons. The predicted octanol–water partition coefficient (Wildman–Crippen LogP) is 12.4. The first-order valence-corrected chi connectivity index (χ1v) is 18.0. The molecule has 1 heterocycles. The molecule has 0 saturated carbocycles. The first kappa shape index (κ1) is 35.4. The Balaban J connectivity index is 2.14. The zero-order valence-electron chi connectivity index (χ0n) is 26.8. The van der Waals surface area contributed by atoms with Crippen molar-refractivity contribution in [1.29, 1.82) is 0 Å². The molecule has 0 aliphatic carbocycles. The van der Waals surface area contributed by atoms with Gasteiger partial charge in [-0.1, -0.05) is 175 Å². The Labute approximate surface area is 241 Å². The second-order valence-corrected chi connectivity index (χ2v) is 12.5. The molecule has 1 rings (SSSR count). The fourth-order valence-corrected chi connectivity index (χ4v) is 6.19. The molecule has 0 aromatic heterocycles. The van der Waals surface area contributed by atoms with Crippen LogP contribution in [0.2, 0.25) is 0 Å². The SMILES string of the molecule is CCCCCCCCCCCCCCCCN1C=CN(CCCCCCCCCC)C1CCCCCCC. The molecule has 0 bridgehead atoms. The van der Waals surface area contributed by atoms with Crippen molar-refractivity contribution in [2.75, 3.05) is 13.1 Å². The van der Waals surface area contributed by atoms with Gasteiger partial charge in [0.1, 0.15) is 6.17 Å². The first-order chi connectivity index (χ1) is 18.8. The third kappa shape index (κ3) is 20.3. The largest absolute Gasteiger partial charge is 0.356 e. The van der Waals surface area contributed by atoms with Crippen molar-refractivity contribution in [3.8, 4) is 0 Å². The van der Waals surface area contributed by atoms with Crippen molar-refractivity contribution >= 4 is 0 Å². The van der Waals surface area contributed by atoms with Crippen LogP contribution < -0.4 is 0 Å². The van der Waals surface area contributed by atoms with Crippen molar-refractivity contribution in [2.45, 2.75) is 207 Å². The summed E-state index contributed by atoms with van der Waals surface area (Å²) in [5.74, 6) is 0. The van der Waals surface area contributed by atoms with E-state index < -0.39 is 0 Å². The van der Waals surface area contributed by atoms with Gasteiger partial charge in [0, 0.05) is 25.5 Å². The van der Waals surface area contributed by atoms with Crippen molar-refractivity contribution in [2.24, 2.45) is 0 Å². The van der Waals surface area contributed by atoms with Crippen LogP contribution in [0.3, 0.4) is 0 Å². The van der Waals surface area contributed by atoms with Gasteiger partial charge in [-0.2, -0.15) is 0 Å². The van der Waals surface area contributed by atoms with E-state index in [-0.39, 0.29) is 0 Å². The standard InChI is InChI=1S/C36H72N2/c1-4-7-10-13-15-17-18-19-20-21-22-24-27-30-33-38-35-34-37(36(38)31-28-25-12-9-6-3)32-29-26-23-16-14-11-8-5-2/h34-36H,4-33H2,1-3H3. The van der Waals surface area contributed by atoms with E-state index >= 15 is 0 Å². The summed E-state index contributed by atoms with van der Waals surface area (Å²) in [5, 5.41) is 0. The molecule has 1 atom stereocenters. The third-order valence-corrected chi connectivity index (χ3v) is 8.82. The third-order valence-electron chi connectivity index (χ3n) is 8.82. The highest BCUT2D eigenvalue weighted by atomic mass is 15.4. The Bertz CT molecular complexity index is 488. The Hall–Kier alpha value is -0.660. The van der Waals surface area contributed by atoms with E-state index in [9.17, 15) is 0 Å². The van der Waals surface area contributed by atoms with E-state index in [0.717, 1.165) is 0 Å². The average Bonchev–Trinajstić information content (AvgIpc) is 3.31. The van der Waals surface area contributed by atoms with E-state index in [0.29, 0.717) is 6.17 Å². The highest BCUT2D eigenvalue weighted by molar-refractivity contribution is 4.97. The molecule has 0 fully saturated rings. The van der Waals surface area contributed by atoms with Crippen LogP contribution in [0.1, 0.15) is 201 Å². The van der Waals surface area contributed by atoms with E-state index in [1.165, 1.54) is 193 Å². The Kier molecular flexibility index (Phi) is 26.0. The summed E-state index contributed by atoms with van der Waals surface area (Å²) in [6.07, 6.45) is 45.5. The minimum atomic E-state index is 0.642. The number of hydrogen-bond acceptors (Lipinski definition) is 2. The van der Waals surface area contributed by atoms with Crippen LogP contribution in [-0.4, -0.2) is 29.1 Å². The maximum atomic E-state index is 2.70. The second-order valence-electron chi connectivity index (χ2n) is 12.5. The Morgan fingerprint density at radius 3 is 0.921 bits per heavy atom. The van der Waals surface area contributed by atoms with Crippen LogP contribution in [0, 0.1) is 0 Å². The van der Waals surface area contributed by atoms with Gasteiger partial charge < -0.3 is 9.80 Å². The topological polar surface area (TPSA) is 6.48 Å². The van der Waals surface area contributed by atoms with Crippen molar-refractivity contribution in [3.63, 3.8) is 0 Å². The van der Waals surface area contributed by atoms with Gasteiger partial charge in [-0.3, -0.25) is 0 Å². The lowest BCUT2D eigenvalue weighted by atomic mass is 10.0. The van der Waals surface area contributed by atoms with Crippen LogP contribution in [0.4, 0.5) is 0 Å².